The van der Waals surface area contributed by atoms with E-state index >= 15 is 0 Å². The van der Waals surface area contributed by atoms with Crippen molar-refractivity contribution in [1.29, 1.82) is 0 Å². The number of para-hydroxylation sites is 1. The number of carbonyl (C=O) groups excluding carboxylic acids is 2. The second-order valence-electron chi connectivity index (χ2n) is 7.37. The fourth-order valence-corrected chi connectivity index (χ4v) is 3.85. The summed E-state index contributed by atoms with van der Waals surface area (Å²) in [6, 6.07) is 13.8. The maximum atomic E-state index is 12.8. The molecule has 0 fully saturated rings. The van der Waals surface area contributed by atoms with Crippen molar-refractivity contribution in [3.05, 3.63) is 81.8 Å². The number of aryl methyl sites for hydroxylation is 1. The molecule has 0 bridgehead atoms. The fourth-order valence-electron chi connectivity index (χ4n) is 3.73. The topological polar surface area (TPSA) is 92.9 Å². The molecule has 2 amide bonds. The van der Waals surface area contributed by atoms with Crippen molar-refractivity contribution in [2.24, 2.45) is 5.10 Å². The van der Waals surface area contributed by atoms with Gasteiger partial charge in [0.15, 0.2) is 5.76 Å². The fraction of sp³-hybridized carbons (Fsp3) is 0.208. The molecule has 32 heavy (non-hydrogen) atoms. The molecule has 0 saturated heterocycles. The largest absolute Gasteiger partial charge is 0.496 e. The number of furan rings is 1. The lowest BCUT2D eigenvalue weighted by Crippen LogP contribution is -2.22. The number of benzene rings is 2. The number of ether oxygens (including phenoxy) is 1. The molecular formula is C24H22ClN3O4. The van der Waals surface area contributed by atoms with Crippen molar-refractivity contribution >= 4 is 34.8 Å². The van der Waals surface area contributed by atoms with E-state index in [-0.39, 0.29) is 17.6 Å². The number of hydrogen-bond acceptors (Lipinski definition) is 5. The number of fused-ring (bicyclic) bond motifs is 1. The number of carbonyl (C=O) groups is 2. The molecule has 0 saturated carbocycles. The van der Waals surface area contributed by atoms with Gasteiger partial charge in [-0.15, -0.1) is 0 Å². The summed E-state index contributed by atoms with van der Waals surface area (Å²) in [5.74, 6) is 0.673. The van der Waals surface area contributed by atoms with Gasteiger partial charge in [-0.3, -0.25) is 9.59 Å². The van der Waals surface area contributed by atoms with Gasteiger partial charge >= 0.3 is 0 Å². The molecule has 2 aromatic carbocycles. The molecule has 0 spiro atoms. The van der Waals surface area contributed by atoms with E-state index in [0.717, 1.165) is 12.0 Å². The Hall–Kier alpha value is -3.58. The number of hydrogen-bond donors (Lipinski definition) is 2. The summed E-state index contributed by atoms with van der Waals surface area (Å²) in [6.45, 7) is 1.82. The van der Waals surface area contributed by atoms with E-state index in [2.05, 4.69) is 15.8 Å². The van der Waals surface area contributed by atoms with Crippen LogP contribution in [0.2, 0.25) is 5.02 Å². The van der Waals surface area contributed by atoms with Gasteiger partial charge in [-0.05, 0) is 56.2 Å². The van der Waals surface area contributed by atoms with E-state index in [9.17, 15) is 9.59 Å². The summed E-state index contributed by atoms with van der Waals surface area (Å²) < 4.78 is 11.1. The zero-order chi connectivity index (χ0) is 22.7. The Morgan fingerprint density at radius 2 is 1.81 bits per heavy atom. The molecule has 0 aliphatic heterocycles. The number of hydrazone groups is 1. The molecule has 1 heterocycles. The smallest absolute Gasteiger partial charge is 0.291 e. The molecule has 0 atom stereocenters. The van der Waals surface area contributed by atoms with Crippen molar-refractivity contribution < 1.29 is 18.7 Å². The summed E-state index contributed by atoms with van der Waals surface area (Å²) in [5, 5.41) is 7.77. The van der Waals surface area contributed by atoms with Gasteiger partial charge in [0.05, 0.1) is 18.4 Å². The molecule has 0 radical (unpaired) electrons. The molecule has 2 N–H and O–H groups in total. The number of amides is 2. The van der Waals surface area contributed by atoms with E-state index < -0.39 is 0 Å². The third kappa shape index (κ3) is 4.38. The van der Waals surface area contributed by atoms with Crippen LogP contribution in [0.5, 0.6) is 5.75 Å². The number of nitrogens with zero attached hydrogens (tertiary/aromatic N) is 1. The molecule has 1 aliphatic carbocycles. The van der Waals surface area contributed by atoms with Gasteiger partial charge in [-0.25, -0.2) is 5.43 Å². The lowest BCUT2D eigenvalue weighted by atomic mass is 9.93. The van der Waals surface area contributed by atoms with Crippen molar-refractivity contribution in [1.82, 2.24) is 5.43 Å². The standard InChI is InChI=1S/C24H22ClN3O4/c1-14-21-18(27-28-23(29)17-6-3-4-8-19(17)31-2)7-5-9-20(21)32-22(14)24(30)26-16-12-10-15(25)11-13-16/h3-4,6,8,10-13H,5,7,9H2,1-2H3,(H,26,30)(H,28,29)/b27-18+. The maximum Gasteiger partial charge on any atom is 0.291 e. The quantitative estimate of drug-likeness (QED) is 0.535. The first-order valence-electron chi connectivity index (χ1n) is 10.2. The highest BCUT2D eigenvalue weighted by molar-refractivity contribution is 6.30. The number of anilines is 1. The molecule has 7 nitrogen and oxygen atoms in total. The zero-order valence-corrected chi connectivity index (χ0v) is 18.5. The van der Waals surface area contributed by atoms with Gasteiger partial charge in [-0.1, -0.05) is 23.7 Å². The summed E-state index contributed by atoms with van der Waals surface area (Å²) >= 11 is 5.90. The molecular weight excluding hydrogens is 430 g/mol. The van der Waals surface area contributed by atoms with Crippen LogP contribution >= 0.6 is 11.6 Å². The predicted octanol–water partition coefficient (Wildman–Crippen LogP) is 4.97. The Balaban J connectivity index is 1.57. The first kappa shape index (κ1) is 21.6. The van der Waals surface area contributed by atoms with Gasteiger partial charge in [0.2, 0.25) is 0 Å². The maximum absolute atomic E-state index is 12.8. The minimum atomic E-state index is -0.371. The van der Waals surface area contributed by atoms with Crippen LogP contribution in [0, 0.1) is 6.92 Å². The lowest BCUT2D eigenvalue weighted by molar-refractivity contribution is 0.0950. The van der Waals surface area contributed by atoms with Crippen LogP contribution in [0.15, 0.2) is 58.0 Å². The normalized spacial score (nSPS) is 14.0. The van der Waals surface area contributed by atoms with Gasteiger partial charge in [0.1, 0.15) is 11.5 Å². The van der Waals surface area contributed by atoms with E-state index in [1.165, 1.54) is 7.11 Å². The van der Waals surface area contributed by atoms with Gasteiger partial charge < -0.3 is 14.5 Å². The molecule has 3 aromatic rings. The van der Waals surface area contributed by atoms with E-state index in [1.807, 2.05) is 6.92 Å². The lowest BCUT2D eigenvalue weighted by Gasteiger charge is -2.14. The number of nitrogens with one attached hydrogen (secondary N) is 2. The van der Waals surface area contributed by atoms with E-state index in [0.29, 0.717) is 51.9 Å². The van der Waals surface area contributed by atoms with Crippen LogP contribution in [0.1, 0.15) is 50.6 Å². The van der Waals surface area contributed by atoms with Gasteiger partial charge in [0, 0.05) is 28.3 Å². The van der Waals surface area contributed by atoms with Crippen LogP contribution < -0.4 is 15.5 Å². The van der Waals surface area contributed by atoms with E-state index in [1.54, 1.807) is 48.5 Å². The highest BCUT2D eigenvalue weighted by Gasteiger charge is 2.28. The summed E-state index contributed by atoms with van der Waals surface area (Å²) in [4.78, 5) is 25.4. The molecule has 1 aromatic heterocycles. The van der Waals surface area contributed by atoms with Crippen molar-refractivity contribution in [2.45, 2.75) is 26.2 Å². The number of halogens is 1. The Kier molecular flexibility index (Phi) is 6.28. The molecule has 164 valence electrons. The van der Waals surface area contributed by atoms with Crippen molar-refractivity contribution in [3.63, 3.8) is 0 Å². The monoisotopic (exact) mass is 451 g/mol. The van der Waals surface area contributed by atoms with Crippen LogP contribution in [-0.4, -0.2) is 24.6 Å². The molecule has 4 rings (SSSR count). The highest BCUT2D eigenvalue weighted by Crippen LogP contribution is 2.30. The summed E-state index contributed by atoms with van der Waals surface area (Å²) in [7, 11) is 1.51. The predicted molar refractivity (Wildman–Crippen MR) is 123 cm³/mol. The average Bonchev–Trinajstić information content (AvgIpc) is 3.16. The summed E-state index contributed by atoms with van der Waals surface area (Å²) in [6.07, 6.45) is 2.17. The van der Waals surface area contributed by atoms with E-state index in [4.69, 9.17) is 20.8 Å². The zero-order valence-electron chi connectivity index (χ0n) is 17.7. The third-order valence-corrected chi connectivity index (χ3v) is 5.53. The van der Waals surface area contributed by atoms with Crippen LogP contribution in [-0.2, 0) is 6.42 Å². The average molecular weight is 452 g/mol. The third-order valence-electron chi connectivity index (χ3n) is 5.28. The Morgan fingerprint density at radius 3 is 2.56 bits per heavy atom. The Labute approximate surface area is 190 Å². The highest BCUT2D eigenvalue weighted by atomic mass is 35.5. The Bertz CT molecular complexity index is 1200. The second-order valence-corrected chi connectivity index (χ2v) is 7.81. The minimum absolute atomic E-state index is 0.232. The van der Waals surface area contributed by atoms with Gasteiger partial charge in [0.25, 0.3) is 11.8 Å². The van der Waals surface area contributed by atoms with Gasteiger partial charge in [-0.2, -0.15) is 5.10 Å². The Morgan fingerprint density at radius 1 is 1.06 bits per heavy atom. The molecule has 1 aliphatic rings. The molecule has 8 heteroatoms. The summed E-state index contributed by atoms with van der Waals surface area (Å²) in [5.41, 5.74) is 5.77. The number of methoxy groups -OCH3 is 1. The molecule has 0 unspecified atom stereocenters. The van der Waals surface area contributed by atoms with Crippen LogP contribution in [0.3, 0.4) is 0 Å². The van der Waals surface area contributed by atoms with Crippen molar-refractivity contribution in [2.75, 3.05) is 12.4 Å². The SMILES string of the molecule is COc1ccccc1C(=O)N/N=C1\CCCc2oc(C(=O)Nc3ccc(Cl)cc3)c(C)c21. The number of rotatable bonds is 5. The van der Waals surface area contributed by atoms with Crippen molar-refractivity contribution in [3.8, 4) is 5.75 Å². The first-order chi connectivity index (χ1) is 15.5. The van der Waals surface area contributed by atoms with Crippen LogP contribution in [0.25, 0.3) is 0 Å². The van der Waals surface area contributed by atoms with Crippen LogP contribution in [0.4, 0.5) is 5.69 Å². The second kappa shape index (κ2) is 9.28. The first-order valence-corrected chi connectivity index (χ1v) is 10.5. The minimum Gasteiger partial charge on any atom is -0.496 e.